The van der Waals surface area contributed by atoms with Gasteiger partial charge in [-0.2, -0.15) is 0 Å². The molecule has 7 heteroatoms. The molecule has 4 fully saturated rings. The van der Waals surface area contributed by atoms with Gasteiger partial charge < -0.3 is 28.6 Å². The molecule has 1 N–H and O–H groups in total. The van der Waals surface area contributed by atoms with Crippen molar-refractivity contribution in [1.82, 2.24) is 0 Å². The van der Waals surface area contributed by atoms with Gasteiger partial charge in [0.05, 0.1) is 45.2 Å². The summed E-state index contributed by atoms with van der Waals surface area (Å²) in [5.41, 5.74) is 3.27. The standard InChI is InChI=1S/C42H67O6P/c1-26(2)29(20-38-46-24-40(4,5)25-47-38)19-36(43)27(3)35-22-37(45-23-28-9-12-31(44-8)13-10-28)39-33-14-11-30-21-32(48-49)15-17-41(30,6)34(33)16-18-42(35,39)7/h9-13,26-27,29,32-39,43H,14-25,49H2,1-8H3/t27?,29?,32?,33?,34?,35?,36?,37?,39?,41-,42+/m0/s1. The van der Waals surface area contributed by atoms with Gasteiger partial charge in [-0.15, -0.1) is 0 Å². The molecule has 1 heterocycles. The van der Waals surface area contributed by atoms with Crippen LogP contribution in [-0.4, -0.2) is 50.0 Å². The minimum Gasteiger partial charge on any atom is -0.497 e. The summed E-state index contributed by atoms with van der Waals surface area (Å²) < 4.78 is 30.6. The van der Waals surface area contributed by atoms with E-state index in [1.54, 1.807) is 12.7 Å². The molecule has 1 aromatic rings. The molecule has 1 aliphatic heterocycles. The first-order chi connectivity index (χ1) is 23.3. The zero-order valence-corrected chi connectivity index (χ0v) is 32.9. The highest BCUT2D eigenvalue weighted by atomic mass is 31.0. The number of methoxy groups -OCH3 is 1. The van der Waals surface area contributed by atoms with Crippen LogP contribution in [0.2, 0.25) is 0 Å². The number of ether oxygens (including phenoxy) is 4. The van der Waals surface area contributed by atoms with Crippen LogP contribution in [0, 0.1) is 57.7 Å². The summed E-state index contributed by atoms with van der Waals surface area (Å²) in [6.07, 6.45) is 12.2. The second-order valence-electron chi connectivity index (χ2n) is 18.4. The Labute approximate surface area is 300 Å². The first-order valence-electron chi connectivity index (χ1n) is 19.5. The number of fused-ring (bicyclic) bond motifs is 5. The van der Waals surface area contributed by atoms with Gasteiger partial charge >= 0.3 is 0 Å². The Bertz CT molecular complexity index is 1270. The van der Waals surface area contributed by atoms with E-state index in [-0.39, 0.29) is 40.7 Å². The molecule has 0 radical (unpaired) electrons. The number of rotatable bonds is 12. The van der Waals surface area contributed by atoms with Crippen molar-refractivity contribution in [3.8, 4) is 5.75 Å². The summed E-state index contributed by atoms with van der Waals surface area (Å²) in [6.45, 7) is 18.5. The zero-order chi connectivity index (χ0) is 35.1. The number of allylic oxidation sites excluding steroid dienone is 1. The normalized spacial score (nSPS) is 37.8. The van der Waals surface area contributed by atoms with E-state index in [0.717, 1.165) is 57.5 Å². The van der Waals surface area contributed by atoms with Crippen LogP contribution in [-0.2, 0) is 25.3 Å². The lowest BCUT2D eigenvalue weighted by Gasteiger charge is -2.59. The molecule has 276 valence electrons. The van der Waals surface area contributed by atoms with Gasteiger partial charge in [0.2, 0.25) is 0 Å². The van der Waals surface area contributed by atoms with Gasteiger partial charge in [-0.3, -0.25) is 0 Å². The first kappa shape index (κ1) is 37.7. The molecule has 0 bridgehead atoms. The fraction of sp³-hybridized carbons (Fsp3) is 0.810. The predicted octanol–water partition coefficient (Wildman–Crippen LogP) is 9.39. The van der Waals surface area contributed by atoms with Gasteiger partial charge in [0.15, 0.2) is 6.29 Å². The van der Waals surface area contributed by atoms with Crippen molar-refractivity contribution in [3.05, 3.63) is 41.5 Å². The highest BCUT2D eigenvalue weighted by Crippen LogP contribution is 2.68. The second-order valence-corrected chi connectivity index (χ2v) is 18.7. The van der Waals surface area contributed by atoms with E-state index >= 15 is 0 Å². The summed E-state index contributed by atoms with van der Waals surface area (Å²) in [5, 5.41) is 12.1. The Morgan fingerprint density at radius 1 is 1.00 bits per heavy atom. The molecule has 1 saturated heterocycles. The maximum absolute atomic E-state index is 12.1. The van der Waals surface area contributed by atoms with Crippen molar-refractivity contribution in [3.63, 3.8) is 0 Å². The van der Waals surface area contributed by atoms with Crippen LogP contribution in [0.4, 0.5) is 0 Å². The van der Waals surface area contributed by atoms with Gasteiger partial charge in [-0.05, 0) is 121 Å². The Morgan fingerprint density at radius 3 is 2.37 bits per heavy atom. The highest BCUT2D eigenvalue weighted by Gasteiger charge is 2.63. The van der Waals surface area contributed by atoms with Crippen LogP contribution < -0.4 is 4.74 Å². The van der Waals surface area contributed by atoms with Gasteiger partial charge in [-0.25, -0.2) is 0 Å². The summed E-state index contributed by atoms with van der Waals surface area (Å²) in [4.78, 5) is 0. The Hall–Kier alpha value is -1.01. The van der Waals surface area contributed by atoms with Crippen molar-refractivity contribution < 1.29 is 28.6 Å². The van der Waals surface area contributed by atoms with Crippen molar-refractivity contribution >= 4 is 9.47 Å². The molecule has 49 heavy (non-hydrogen) atoms. The molecule has 5 aliphatic rings. The van der Waals surface area contributed by atoms with E-state index in [2.05, 4.69) is 76.1 Å². The quantitative estimate of drug-likeness (QED) is 0.173. The second kappa shape index (κ2) is 15.2. The topological polar surface area (TPSA) is 66.4 Å². The van der Waals surface area contributed by atoms with E-state index in [1.807, 2.05) is 12.1 Å². The van der Waals surface area contributed by atoms with Crippen LogP contribution in [0.5, 0.6) is 5.75 Å². The highest BCUT2D eigenvalue weighted by molar-refractivity contribution is 7.09. The molecule has 12 atom stereocenters. The third kappa shape index (κ3) is 7.72. The zero-order valence-electron chi connectivity index (χ0n) is 31.8. The summed E-state index contributed by atoms with van der Waals surface area (Å²) in [6, 6.07) is 8.34. The molecule has 0 aromatic heterocycles. The minimum absolute atomic E-state index is 0.0624. The molecule has 6 rings (SSSR count). The van der Waals surface area contributed by atoms with Crippen LogP contribution in [0.1, 0.15) is 112 Å². The fourth-order valence-corrected chi connectivity index (χ4v) is 11.5. The van der Waals surface area contributed by atoms with Gasteiger partial charge in [-0.1, -0.05) is 72.2 Å². The summed E-state index contributed by atoms with van der Waals surface area (Å²) in [7, 11) is 4.23. The molecular formula is C42H67O6P. The van der Waals surface area contributed by atoms with E-state index in [9.17, 15) is 5.11 Å². The summed E-state index contributed by atoms with van der Waals surface area (Å²) in [5.74, 6) is 4.01. The van der Waals surface area contributed by atoms with Crippen molar-refractivity contribution in [2.75, 3.05) is 20.3 Å². The van der Waals surface area contributed by atoms with Crippen molar-refractivity contribution in [1.29, 1.82) is 0 Å². The number of hydrogen-bond donors (Lipinski definition) is 1. The predicted molar refractivity (Wildman–Crippen MR) is 199 cm³/mol. The summed E-state index contributed by atoms with van der Waals surface area (Å²) >= 11 is 0. The number of benzene rings is 1. The molecule has 3 saturated carbocycles. The maximum atomic E-state index is 12.1. The van der Waals surface area contributed by atoms with Crippen molar-refractivity contribution in [2.24, 2.45) is 57.7 Å². The first-order valence-corrected chi connectivity index (χ1v) is 20.0. The smallest absolute Gasteiger partial charge is 0.157 e. The Balaban J connectivity index is 1.22. The third-order valence-electron chi connectivity index (χ3n) is 14.4. The van der Waals surface area contributed by atoms with Crippen molar-refractivity contribution in [2.45, 2.75) is 137 Å². The molecular weight excluding hydrogens is 631 g/mol. The van der Waals surface area contributed by atoms with E-state index in [1.165, 1.54) is 24.8 Å². The maximum Gasteiger partial charge on any atom is 0.157 e. The molecule has 0 spiro atoms. The van der Waals surface area contributed by atoms with Gasteiger partial charge in [0.25, 0.3) is 0 Å². The molecule has 6 nitrogen and oxygen atoms in total. The van der Waals surface area contributed by atoms with Crippen LogP contribution in [0.3, 0.4) is 0 Å². The average molecular weight is 699 g/mol. The third-order valence-corrected chi connectivity index (χ3v) is 14.8. The molecule has 4 aliphatic carbocycles. The van der Waals surface area contributed by atoms with Gasteiger partial charge in [0, 0.05) is 21.3 Å². The lowest BCUT2D eigenvalue weighted by Crippen LogP contribution is -2.53. The minimum atomic E-state index is -0.370. The molecule has 1 aromatic carbocycles. The average Bonchev–Trinajstić information content (AvgIpc) is 3.39. The SMILES string of the molecule is COc1ccc(COC2CC(C(C)C(O)CC(CC3OCC(C)(C)CO3)C(C)C)[C@@]3(C)CCC4C(CC=C5CC(OP)CC[C@@]54C)C23)cc1. The van der Waals surface area contributed by atoms with Crippen LogP contribution in [0.15, 0.2) is 35.9 Å². The van der Waals surface area contributed by atoms with Crippen LogP contribution in [0.25, 0.3) is 0 Å². The number of aliphatic hydroxyl groups is 1. The lowest BCUT2D eigenvalue weighted by molar-refractivity contribution is -0.230. The van der Waals surface area contributed by atoms with Crippen LogP contribution >= 0.6 is 9.47 Å². The number of hydrogen-bond acceptors (Lipinski definition) is 6. The Morgan fingerprint density at radius 2 is 1.71 bits per heavy atom. The largest absolute Gasteiger partial charge is 0.497 e. The monoisotopic (exact) mass is 698 g/mol. The lowest BCUT2D eigenvalue weighted by atomic mass is 9.46. The molecule has 0 amide bonds. The molecule has 10 unspecified atom stereocenters. The number of aliphatic hydroxyl groups excluding tert-OH is 1. The Kier molecular flexibility index (Phi) is 11.7. The van der Waals surface area contributed by atoms with E-state index in [4.69, 9.17) is 23.5 Å². The van der Waals surface area contributed by atoms with E-state index < -0.39 is 0 Å². The van der Waals surface area contributed by atoms with Gasteiger partial charge in [0.1, 0.15) is 5.75 Å². The fourth-order valence-electron chi connectivity index (χ4n) is 11.3. The van der Waals surface area contributed by atoms with E-state index in [0.29, 0.717) is 48.2 Å².